The lowest BCUT2D eigenvalue weighted by Crippen LogP contribution is -2.31. The van der Waals surface area contributed by atoms with E-state index in [9.17, 15) is 18.8 Å². The highest BCUT2D eigenvalue weighted by Crippen LogP contribution is 2.36. The average molecular weight is 428 g/mol. The summed E-state index contributed by atoms with van der Waals surface area (Å²) in [5.41, 5.74) is 1.33. The number of fused-ring (bicyclic) bond motifs is 1. The molecule has 1 saturated heterocycles. The van der Waals surface area contributed by atoms with Gasteiger partial charge in [-0.1, -0.05) is 12.1 Å². The number of amides is 2. The van der Waals surface area contributed by atoms with Crippen molar-refractivity contribution in [2.45, 2.75) is 13.0 Å². The second-order valence-corrected chi connectivity index (χ2v) is 7.24. The summed E-state index contributed by atoms with van der Waals surface area (Å²) in [5.74, 6) is -1.15. The van der Waals surface area contributed by atoms with Gasteiger partial charge in [-0.15, -0.1) is 0 Å². The second kappa shape index (κ2) is 9.03. The van der Waals surface area contributed by atoms with Gasteiger partial charge in [-0.3, -0.25) is 14.4 Å². The van der Waals surface area contributed by atoms with Gasteiger partial charge in [-0.25, -0.2) is 4.39 Å². The van der Waals surface area contributed by atoms with Gasteiger partial charge in [0.05, 0.1) is 5.92 Å². The molecule has 2 amide bonds. The van der Waals surface area contributed by atoms with E-state index in [2.05, 4.69) is 5.32 Å². The van der Waals surface area contributed by atoms with Gasteiger partial charge in [-0.05, 0) is 29.8 Å². The number of carbonyl (C=O) groups excluding carboxylic acids is 3. The highest BCUT2D eigenvalue weighted by atomic mass is 19.1. The van der Waals surface area contributed by atoms with Crippen LogP contribution in [-0.2, 0) is 25.7 Å². The fraction of sp³-hybridized carbons (Fsp3) is 0.318. The monoisotopic (exact) mass is 428 g/mol. The van der Waals surface area contributed by atoms with Crippen molar-refractivity contribution in [3.8, 4) is 11.5 Å². The normalized spacial score (nSPS) is 17.4. The smallest absolute Gasteiger partial charge is 0.311 e. The van der Waals surface area contributed by atoms with Crippen molar-refractivity contribution in [2.24, 2.45) is 5.92 Å². The summed E-state index contributed by atoms with van der Waals surface area (Å²) >= 11 is 0. The lowest BCUT2D eigenvalue weighted by atomic mass is 10.1. The first-order chi connectivity index (χ1) is 15.0. The van der Waals surface area contributed by atoms with Crippen molar-refractivity contribution in [1.82, 2.24) is 5.32 Å². The molecule has 1 fully saturated rings. The molecule has 162 valence electrons. The summed E-state index contributed by atoms with van der Waals surface area (Å²) in [5, 5.41) is 2.60. The third kappa shape index (κ3) is 4.93. The van der Waals surface area contributed by atoms with Crippen LogP contribution >= 0.6 is 0 Å². The zero-order valence-corrected chi connectivity index (χ0v) is 16.6. The van der Waals surface area contributed by atoms with Gasteiger partial charge in [0.25, 0.3) is 5.91 Å². The van der Waals surface area contributed by atoms with Crippen LogP contribution in [0.3, 0.4) is 0 Å². The third-order valence-corrected chi connectivity index (χ3v) is 5.04. The predicted molar refractivity (Wildman–Crippen MR) is 107 cm³/mol. The number of hydrogen-bond acceptors (Lipinski definition) is 6. The van der Waals surface area contributed by atoms with E-state index in [4.69, 9.17) is 14.2 Å². The Morgan fingerprint density at radius 2 is 1.84 bits per heavy atom. The van der Waals surface area contributed by atoms with Crippen LogP contribution in [-0.4, -0.2) is 44.1 Å². The Hall–Kier alpha value is -3.62. The molecule has 1 N–H and O–H groups in total. The molecular weight excluding hydrogens is 407 g/mol. The van der Waals surface area contributed by atoms with Gasteiger partial charge in [0.2, 0.25) is 5.91 Å². The summed E-state index contributed by atoms with van der Waals surface area (Å²) in [6.07, 6.45) is 0.00444. The number of rotatable bonds is 6. The SMILES string of the molecule is O=C(COC(=O)[C@H]1CC(=O)N(c2ccc3c(c2)OCCO3)C1)NCc1ccc(F)cc1. The molecule has 0 bridgehead atoms. The molecule has 2 aromatic carbocycles. The molecule has 2 aliphatic heterocycles. The first-order valence-corrected chi connectivity index (χ1v) is 9.87. The van der Waals surface area contributed by atoms with Gasteiger partial charge < -0.3 is 24.4 Å². The number of nitrogens with one attached hydrogen (secondary N) is 1. The Kier molecular flexibility index (Phi) is 6.01. The molecule has 0 spiro atoms. The summed E-state index contributed by atoms with van der Waals surface area (Å²) in [6.45, 7) is 0.808. The first kappa shape index (κ1) is 20.6. The van der Waals surface area contributed by atoms with Gasteiger partial charge >= 0.3 is 5.97 Å². The maximum atomic E-state index is 12.9. The number of nitrogens with zero attached hydrogens (tertiary/aromatic N) is 1. The van der Waals surface area contributed by atoms with Crippen LogP contribution in [0.15, 0.2) is 42.5 Å². The predicted octanol–water partition coefficient (Wildman–Crippen LogP) is 1.81. The highest BCUT2D eigenvalue weighted by molar-refractivity contribution is 5.99. The molecule has 0 saturated carbocycles. The number of hydrogen-bond donors (Lipinski definition) is 1. The summed E-state index contributed by atoms with van der Waals surface area (Å²) < 4.78 is 29.0. The lowest BCUT2D eigenvalue weighted by Gasteiger charge is -2.22. The molecule has 2 aliphatic rings. The Morgan fingerprint density at radius 3 is 2.61 bits per heavy atom. The van der Waals surface area contributed by atoms with Gasteiger partial charge in [-0.2, -0.15) is 0 Å². The van der Waals surface area contributed by atoms with Crippen LogP contribution < -0.4 is 19.7 Å². The minimum atomic E-state index is -0.661. The number of halogens is 1. The molecule has 0 radical (unpaired) electrons. The molecule has 0 aliphatic carbocycles. The maximum absolute atomic E-state index is 12.9. The van der Waals surface area contributed by atoms with Crippen LogP contribution in [0, 0.1) is 11.7 Å². The van der Waals surface area contributed by atoms with Crippen molar-refractivity contribution < 1.29 is 33.0 Å². The van der Waals surface area contributed by atoms with E-state index in [1.165, 1.54) is 17.0 Å². The number of carbonyl (C=O) groups is 3. The maximum Gasteiger partial charge on any atom is 0.311 e. The van der Waals surface area contributed by atoms with E-state index in [0.717, 1.165) is 5.56 Å². The van der Waals surface area contributed by atoms with Crippen molar-refractivity contribution >= 4 is 23.5 Å². The van der Waals surface area contributed by atoms with E-state index in [-0.39, 0.29) is 31.2 Å². The van der Waals surface area contributed by atoms with Gasteiger partial charge in [0.15, 0.2) is 18.1 Å². The van der Waals surface area contributed by atoms with Crippen LogP contribution in [0.1, 0.15) is 12.0 Å². The standard InChI is InChI=1S/C22H21FN2O6/c23-16-3-1-14(2-4-16)11-24-20(26)13-31-22(28)15-9-21(27)25(12-15)17-5-6-18-19(10-17)30-8-7-29-18/h1-6,10,15H,7-9,11-13H2,(H,24,26)/t15-/m0/s1. The summed E-state index contributed by atoms with van der Waals surface area (Å²) in [6, 6.07) is 10.9. The Morgan fingerprint density at radius 1 is 1.10 bits per heavy atom. The van der Waals surface area contributed by atoms with Crippen molar-refractivity contribution in [3.63, 3.8) is 0 Å². The fourth-order valence-electron chi connectivity index (χ4n) is 3.42. The van der Waals surface area contributed by atoms with Crippen LogP contribution in [0.2, 0.25) is 0 Å². The number of esters is 1. The van der Waals surface area contributed by atoms with Crippen molar-refractivity contribution in [3.05, 3.63) is 53.8 Å². The molecular formula is C22H21FN2O6. The van der Waals surface area contributed by atoms with E-state index in [1.54, 1.807) is 30.3 Å². The van der Waals surface area contributed by atoms with Gasteiger partial charge in [0, 0.05) is 31.3 Å². The molecule has 8 nitrogen and oxygen atoms in total. The quantitative estimate of drug-likeness (QED) is 0.706. The van der Waals surface area contributed by atoms with Crippen LogP contribution in [0.5, 0.6) is 11.5 Å². The largest absolute Gasteiger partial charge is 0.486 e. The van der Waals surface area contributed by atoms with E-state index < -0.39 is 24.4 Å². The van der Waals surface area contributed by atoms with E-state index in [1.807, 2.05) is 0 Å². The minimum Gasteiger partial charge on any atom is -0.486 e. The zero-order chi connectivity index (χ0) is 21.8. The molecule has 2 heterocycles. The fourth-order valence-corrected chi connectivity index (χ4v) is 3.42. The molecule has 2 aromatic rings. The molecule has 0 aromatic heterocycles. The molecule has 1 atom stereocenters. The Balaban J connectivity index is 1.27. The number of ether oxygens (including phenoxy) is 3. The first-order valence-electron chi connectivity index (χ1n) is 9.87. The molecule has 0 unspecified atom stereocenters. The second-order valence-electron chi connectivity index (χ2n) is 7.24. The zero-order valence-electron chi connectivity index (χ0n) is 16.6. The van der Waals surface area contributed by atoms with Crippen LogP contribution in [0.25, 0.3) is 0 Å². The summed E-state index contributed by atoms with van der Waals surface area (Å²) in [7, 11) is 0. The lowest BCUT2D eigenvalue weighted by molar-refractivity contribution is -0.152. The molecule has 31 heavy (non-hydrogen) atoms. The van der Waals surface area contributed by atoms with Crippen molar-refractivity contribution in [2.75, 3.05) is 31.3 Å². The number of anilines is 1. The third-order valence-electron chi connectivity index (χ3n) is 5.04. The summed E-state index contributed by atoms with van der Waals surface area (Å²) in [4.78, 5) is 38.2. The highest BCUT2D eigenvalue weighted by Gasteiger charge is 2.36. The van der Waals surface area contributed by atoms with E-state index >= 15 is 0 Å². The van der Waals surface area contributed by atoms with Crippen molar-refractivity contribution in [1.29, 1.82) is 0 Å². The van der Waals surface area contributed by atoms with Crippen LogP contribution in [0.4, 0.5) is 10.1 Å². The van der Waals surface area contributed by atoms with Gasteiger partial charge in [0.1, 0.15) is 19.0 Å². The van der Waals surface area contributed by atoms with E-state index in [0.29, 0.717) is 30.4 Å². The minimum absolute atomic E-state index is 0.00444. The Labute approximate surface area is 177 Å². The molecule has 4 rings (SSSR count). The molecule has 9 heteroatoms. The topological polar surface area (TPSA) is 94.2 Å². The Bertz CT molecular complexity index is 994. The number of benzene rings is 2. The average Bonchev–Trinajstić information content (AvgIpc) is 3.18.